The van der Waals surface area contributed by atoms with Crippen molar-refractivity contribution in [1.82, 2.24) is 19.5 Å². The molecule has 8 nitrogen and oxygen atoms in total. The van der Waals surface area contributed by atoms with Crippen LogP contribution in [0, 0.1) is 12.7 Å². The lowest BCUT2D eigenvalue weighted by Gasteiger charge is -2.17. The molecule has 0 unspecified atom stereocenters. The van der Waals surface area contributed by atoms with E-state index in [1.165, 1.54) is 12.1 Å². The lowest BCUT2D eigenvalue weighted by Crippen LogP contribution is -2.29. The summed E-state index contributed by atoms with van der Waals surface area (Å²) in [7, 11) is 0. The molecule has 158 valence electrons. The number of H-pyrrole nitrogens is 2. The number of fused-ring (bicyclic) bond motifs is 1. The van der Waals surface area contributed by atoms with E-state index in [9.17, 15) is 19.2 Å². The molecule has 0 saturated carbocycles. The Labute approximate surface area is 183 Å². The topological polar surface area (TPSA) is 114 Å². The zero-order valence-corrected chi connectivity index (χ0v) is 17.5. The van der Waals surface area contributed by atoms with Crippen molar-refractivity contribution in [3.63, 3.8) is 0 Å². The first-order valence-corrected chi connectivity index (χ1v) is 10.1. The summed E-state index contributed by atoms with van der Waals surface area (Å²) in [6, 6.07) is 12.7. The minimum absolute atomic E-state index is 0.192. The van der Waals surface area contributed by atoms with E-state index >= 15 is 0 Å². The van der Waals surface area contributed by atoms with Gasteiger partial charge in [0.2, 0.25) is 0 Å². The Balaban J connectivity index is 1.53. The largest absolute Gasteiger partial charge is 0.315 e. The van der Waals surface area contributed by atoms with E-state index in [-0.39, 0.29) is 11.5 Å². The molecule has 0 atom stereocenters. The summed E-state index contributed by atoms with van der Waals surface area (Å²) < 4.78 is 13.9. The third kappa shape index (κ3) is 4.62. The first-order chi connectivity index (χ1) is 14.8. The predicted molar refractivity (Wildman–Crippen MR) is 118 cm³/mol. The molecule has 4 N–H and O–H groups in total. The van der Waals surface area contributed by atoms with Crippen LogP contribution in [0.1, 0.15) is 5.56 Å². The summed E-state index contributed by atoms with van der Waals surface area (Å²) >= 11 is 7.22. The minimum atomic E-state index is -0.810. The van der Waals surface area contributed by atoms with E-state index in [2.05, 4.69) is 20.4 Å². The van der Waals surface area contributed by atoms with Crippen molar-refractivity contribution >= 4 is 40.4 Å². The predicted octanol–water partition coefficient (Wildman–Crippen LogP) is 4.10. The SMILES string of the molecule is Cc1cc2[nH]c(=O)c(=O)[nH]c2nc1SN(O)Nc1ccc(-c2ccc(F)cc2)c(Cl)c1. The summed E-state index contributed by atoms with van der Waals surface area (Å²) in [5, 5.41) is 11.1. The van der Waals surface area contributed by atoms with E-state index in [1.807, 2.05) is 0 Å². The number of nitrogens with one attached hydrogen (secondary N) is 3. The number of aromatic nitrogens is 3. The van der Waals surface area contributed by atoms with Gasteiger partial charge in [0.25, 0.3) is 0 Å². The lowest BCUT2D eigenvalue weighted by molar-refractivity contribution is 0.0436. The Bertz CT molecular complexity index is 1390. The van der Waals surface area contributed by atoms with Crippen LogP contribution in [0.4, 0.5) is 10.1 Å². The van der Waals surface area contributed by atoms with Crippen LogP contribution in [0.3, 0.4) is 0 Å². The molecule has 0 radical (unpaired) electrons. The van der Waals surface area contributed by atoms with E-state index in [0.29, 0.717) is 32.4 Å². The second-order valence-corrected chi connectivity index (χ2v) is 7.91. The second kappa shape index (κ2) is 8.52. The molecule has 4 aromatic rings. The average Bonchev–Trinajstić information content (AvgIpc) is 2.71. The molecule has 11 heteroatoms. The summed E-state index contributed by atoms with van der Waals surface area (Å²) in [4.78, 5) is 32.1. The molecule has 2 heterocycles. The molecule has 0 bridgehead atoms. The molecule has 0 aliphatic carbocycles. The molecule has 4 rings (SSSR count). The highest BCUT2D eigenvalue weighted by Gasteiger charge is 2.12. The lowest BCUT2D eigenvalue weighted by atomic mass is 10.1. The number of rotatable bonds is 5. The van der Waals surface area contributed by atoms with Crippen LogP contribution in [0.2, 0.25) is 5.02 Å². The maximum atomic E-state index is 13.1. The zero-order valence-electron chi connectivity index (χ0n) is 15.9. The summed E-state index contributed by atoms with van der Waals surface area (Å²) in [5.74, 6) is -0.334. The second-order valence-electron chi connectivity index (χ2n) is 6.59. The average molecular weight is 460 g/mol. The third-order valence-corrected chi connectivity index (χ3v) is 5.54. The maximum Gasteiger partial charge on any atom is 0.315 e. The van der Waals surface area contributed by atoms with E-state index in [1.54, 1.807) is 43.3 Å². The minimum Gasteiger partial charge on any atom is -0.315 e. The Kier molecular flexibility index (Phi) is 5.79. The maximum absolute atomic E-state index is 13.1. The number of nitrogens with zero attached hydrogens (tertiary/aromatic N) is 2. The summed E-state index contributed by atoms with van der Waals surface area (Å²) in [6.07, 6.45) is 0. The molecule has 0 spiro atoms. The van der Waals surface area contributed by atoms with Gasteiger partial charge in [-0.05, 0) is 53.0 Å². The standard InChI is InChI=1S/C20H15ClFN5O3S/c1-10-8-16-17(24-19(29)18(28)23-16)25-20(10)31-27(30)26-13-6-7-14(15(21)9-13)11-2-4-12(22)5-3-11/h2-9,26,30H,1H3,(H,23,28)(H,24,25,29). The summed E-state index contributed by atoms with van der Waals surface area (Å²) in [6.45, 7) is 1.75. The van der Waals surface area contributed by atoms with Gasteiger partial charge in [0.1, 0.15) is 10.8 Å². The monoisotopic (exact) mass is 459 g/mol. The highest BCUT2D eigenvalue weighted by Crippen LogP contribution is 2.31. The van der Waals surface area contributed by atoms with Crippen LogP contribution >= 0.6 is 23.5 Å². The van der Waals surface area contributed by atoms with E-state index in [4.69, 9.17) is 11.6 Å². The number of hydrazine groups is 1. The Morgan fingerprint density at radius 2 is 1.81 bits per heavy atom. The number of halogens is 2. The quantitative estimate of drug-likeness (QED) is 0.202. The molecule has 2 aromatic carbocycles. The highest BCUT2D eigenvalue weighted by atomic mass is 35.5. The molecule has 0 fully saturated rings. The van der Waals surface area contributed by atoms with Gasteiger partial charge in [0, 0.05) is 17.5 Å². The van der Waals surface area contributed by atoms with Gasteiger partial charge in [-0.25, -0.2) is 9.37 Å². The number of aryl methyl sites for hydroxylation is 1. The van der Waals surface area contributed by atoms with Crippen molar-refractivity contribution in [3.8, 4) is 11.1 Å². The van der Waals surface area contributed by atoms with E-state index in [0.717, 1.165) is 22.1 Å². The van der Waals surface area contributed by atoms with Crippen molar-refractivity contribution in [3.05, 3.63) is 85.6 Å². The van der Waals surface area contributed by atoms with Crippen molar-refractivity contribution in [2.45, 2.75) is 11.9 Å². The zero-order chi connectivity index (χ0) is 22.1. The number of aromatic amines is 2. The Morgan fingerprint density at radius 3 is 2.52 bits per heavy atom. The van der Waals surface area contributed by atoms with Crippen molar-refractivity contribution in [1.29, 1.82) is 0 Å². The number of benzene rings is 2. The number of hydrogen-bond acceptors (Lipinski definition) is 7. The Hall–Kier alpha value is -3.18. The van der Waals surface area contributed by atoms with Crippen LogP contribution in [-0.2, 0) is 0 Å². The summed E-state index contributed by atoms with van der Waals surface area (Å²) in [5.41, 5.74) is 4.40. The fraction of sp³-hybridized carbons (Fsp3) is 0.0500. The normalized spacial score (nSPS) is 11.3. The molecule has 0 aliphatic heterocycles. The van der Waals surface area contributed by atoms with Gasteiger partial charge < -0.3 is 9.97 Å². The molecule has 0 aliphatic rings. The van der Waals surface area contributed by atoms with Gasteiger partial charge in [-0.15, -0.1) is 0 Å². The van der Waals surface area contributed by atoms with Crippen LogP contribution in [-0.4, -0.2) is 24.7 Å². The number of hydrogen-bond donors (Lipinski definition) is 4. The highest BCUT2D eigenvalue weighted by molar-refractivity contribution is 7.96. The fourth-order valence-corrected chi connectivity index (χ4v) is 3.83. The number of pyridine rings is 1. The van der Waals surface area contributed by atoms with Gasteiger partial charge >= 0.3 is 11.1 Å². The van der Waals surface area contributed by atoms with Crippen LogP contribution in [0.5, 0.6) is 0 Å². The molecule has 31 heavy (non-hydrogen) atoms. The molecular weight excluding hydrogens is 445 g/mol. The van der Waals surface area contributed by atoms with Gasteiger partial charge in [0.15, 0.2) is 5.65 Å². The molecule has 0 saturated heterocycles. The molecule has 0 amide bonds. The first-order valence-electron chi connectivity index (χ1n) is 8.93. The van der Waals surface area contributed by atoms with Crippen molar-refractivity contribution in [2.75, 3.05) is 5.43 Å². The fourth-order valence-electron chi connectivity index (χ4n) is 2.89. The molecule has 2 aromatic heterocycles. The van der Waals surface area contributed by atoms with Crippen molar-refractivity contribution < 1.29 is 9.60 Å². The van der Waals surface area contributed by atoms with E-state index < -0.39 is 11.1 Å². The van der Waals surface area contributed by atoms with Gasteiger partial charge in [-0.2, -0.15) is 0 Å². The van der Waals surface area contributed by atoms with Crippen LogP contribution < -0.4 is 16.5 Å². The van der Waals surface area contributed by atoms with Crippen LogP contribution in [0.15, 0.2) is 63.1 Å². The number of anilines is 1. The van der Waals surface area contributed by atoms with Gasteiger partial charge in [-0.3, -0.25) is 20.2 Å². The smallest absolute Gasteiger partial charge is 0.315 e. The van der Waals surface area contributed by atoms with Crippen molar-refractivity contribution in [2.24, 2.45) is 0 Å². The third-order valence-electron chi connectivity index (χ3n) is 4.38. The molecular formula is C20H15ClFN5O3S. The van der Waals surface area contributed by atoms with Crippen LogP contribution in [0.25, 0.3) is 22.3 Å². The Morgan fingerprint density at radius 1 is 1.10 bits per heavy atom. The van der Waals surface area contributed by atoms with Gasteiger partial charge in [0.05, 0.1) is 16.2 Å². The first kappa shape index (κ1) is 21.1. The van der Waals surface area contributed by atoms with Gasteiger partial charge in [-0.1, -0.05) is 29.8 Å².